The van der Waals surface area contributed by atoms with Crippen LogP contribution < -0.4 is 10.5 Å². The molecule has 1 rings (SSSR count). The minimum atomic E-state index is -4.20. The van der Waals surface area contributed by atoms with Crippen LogP contribution >= 0.6 is 0 Å². The van der Waals surface area contributed by atoms with Crippen molar-refractivity contribution in [2.24, 2.45) is 5.73 Å². The van der Waals surface area contributed by atoms with Crippen LogP contribution in [0, 0.1) is 0 Å². The molecule has 120 valence electrons. The van der Waals surface area contributed by atoms with E-state index in [1.54, 1.807) is 19.1 Å². The summed E-state index contributed by atoms with van der Waals surface area (Å²) in [6, 6.07) is 5.88. The first-order valence-corrected chi connectivity index (χ1v) is 8.02. The summed E-state index contributed by atoms with van der Waals surface area (Å²) in [4.78, 5) is 0.0631. The number of nitrogens with two attached hydrogens (primary N) is 1. The van der Waals surface area contributed by atoms with E-state index in [1.807, 2.05) is 0 Å². The lowest BCUT2D eigenvalue weighted by Gasteiger charge is -2.10. The van der Waals surface area contributed by atoms with Gasteiger partial charge in [0.1, 0.15) is 0 Å². The lowest BCUT2D eigenvalue weighted by molar-refractivity contribution is -0.135. The first kappa shape index (κ1) is 17.9. The molecule has 1 unspecified atom stereocenters. The Morgan fingerprint density at radius 3 is 2.52 bits per heavy atom. The zero-order chi connectivity index (χ0) is 16.1. The van der Waals surface area contributed by atoms with E-state index in [4.69, 9.17) is 5.73 Å². The highest BCUT2D eigenvalue weighted by Gasteiger charge is 2.26. The van der Waals surface area contributed by atoms with Gasteiger partial charge >= 0.3 is 6.18 Å². The second kappa shape index (κ2) is 7.24. The van der Waals surface area contributed by atoms with Gasteiger partial charge < -0.3 is 5.73 Å². The molecule has 1 atom stereocenters. The van der Waals surface area contributed by atoms with Crippen molar-refractivity contribution in [1.82, 2.24) is 4.72 Å². The average molecular weight is 324 g/mol. The van der Waals surface area contributed by atoms with Gasteiger partial charge in [-0.05, 0) is 37.5 Å². The number of hydrogen-bond acceptors (Lipinski definition) is 3. The lowest BCUT2D eigenvalue weighted by Crippen LogP contribution is -2.25. The van der Waals surface area contributed by atoms with Crippen LogP contribution in [0.3, 0.4) is 0 Å². The maximum Gasteiger partial charge on any atom is 0.389 e. The van der Waals surface area contributed by atoms with Crippen LogP contribution in [0.1, 0.15) is 37.8 Å². The van der Waals surface area contributed by atoms with Crippen molar-refractivity contribution in [1.29, 1.82) is 0 Å². The fraction of sp³-hybridized carbons (Fsp3) is 0.538. The molecule has 0 aliphatic carbocycles. The fourth-order valence-electron chi connectivity index (χ4n) is 1.71. The maximum absolute atomic E-state index is 12.0. The molecule has 1 aromatic rings. The summed E-state index contributed by atoms with van der Waals surface area (Å²) in [5, 5.41) is 0. The van der Waals surface area contributed by atoms with Gasteiger partial charge in [-0.3, -0.25) is 0 Å². The Bertz CT molecular complexity index is 557. The molecule has 0 heterocycles. The molecule has 0 radical (unpaired) electrons. The Kier molecular flexibility index (Phi) is 6.18. The summed E-state index contributed by atoms with van der Waals surface area (Å²) in [5.74, 6) is 0. The van der Waals surface area contributed by atoms with Crippen molar-refractivity contribution in [2.45, 2.75) is 43.3 Å². The molecule has 0 saturated heterocycles. The minimum absolute atomic E-state index is 0.0270. The molecule has 4 nitrogen and oxygen atoms in total. The molecule has 0 aromatic heterocycles. The van der Waals surface area contributed by atoms with Crippen LogP contribution in [0.15, 0.2) is 29.2 Å². The molecule has 21 heavy (non-hydrogen) atoms. The van der Waals surface area contributed by atoms with Gasteiger partial charge in [0.25, 0.3) is 0 Å². The minimum Gasteiger partial charge on any atom is -0.324 e. The predicted molar refractivity (Wildman–Crippen MR) is 74.1 cm³/mol. The van der Waals surface area contributed by atoms with E-state index < -0.39 is 22.6 Å². The number of rotatable bonds is 7. The van der Waals surface area contributed by atoms with Crippen molar-refractivity contribution in [3.05, 3.63) is 29.8 Å². The molecule has 1 aromatic carbocycles. The summed E-state index contributed by atoms with van der Waals surface area (Å²) in [6.07, 6.45) is -5.09. The van der Waals surface area contributed by atoms with Gasteiger partial charge in [-0.1, -0.05) is 12.1 Å². The Morgan fingerprint density at radius 2 is 1.95 bits per heavy atom. The van der Waals surface area contributed by atoms with Gasteiger partial charge in [-0.2, -0.15) is 13.2 Å². The number of sulfonamides is 1. The van der Waals surface area contributed by atoms with Crippen molar-refractivity contribution < 1.29 is 21.6 Å². The normalized spacial score (nSPS) is 14.1. The number of halogens is 3. The van der Waals surface area contributed by atoms with E-state index in [0.29, 0.717) is 5.56 Å². The number of nitrogens with one attached hydrogen (secondary N) is 1. The molecule has 0 amide bonds. The van der Waals surface area contributed by atoms with Gasteiger partial charge in [-0.15, -0.1) is 0 Å². The monoisotopic (exact) mass is 324 g/mol. The molecule has 8 heteroatoms. The van der Waals surface area contributed by atoms with Crippen molar-refractivity contribution in [2.75, 3.05) is 6.54 Å². The van der Waals surface area contributed by atoms with Gasteiger partial charge in [0.2, 0.25) is 10.0 Å². The highest BCUT2D eigenvalue weighted by molar-refractivity contribution is 7.89. The van der Waals surface area contributed by atoms with Gasteiger partial charge in [0.15, 0.2) is 0 Å². The zero-order valence-electron chi connectivity index (χ0n) is 11.7. The second-order valence-electron chi connectivity index (χ2n) is 4.83. The number of hydrogen-bond donors (Lipinski definition) is 2. The molecule has 0 aliphatic heterocycles. The zero-order valence-corrected chi connectivity index (χ0v) is 12.5. The fourth-order valence-corrected chi connectivity index (χ4v) is 2.83. The van der Waals surface area contributed by atoms with E-state index in [0.717, 1.165) is 0 Å². The Morgan fingerprint density at radius 1 is 1.29 bits per heavy atom. The average Bonchev–Trinajstić information content (AvgIpc) is 2.37. The van der Waals surface area contributed by atoms with Crippen LogP contribution in [-0.4, -0.2) is 21.1 Å². The third-order valence-corrected chi connectivity index (χ3v) is 4.33. The molecule has 0 bridgehead atoms. The Balaban J connectivity index is 2.56. The second-order valence-corrected chi connectivity index (χ2v) is 6.60. The van der Waals surface area contributed by atoms with Crippen molar-refractivity contribution in [3.8, 4) is 0 Å². The van der Waals surface area contributed by atoms with Gasteiger partial charge in [-0.25, -0.2) is 13.1 Å². The molecule has 0 aliphatic rings. The molecular weight excluding hydrogens is 305 g/mol. The third kappa shape index (κ3) is 6.45. The summed E-state index contributed by atoms with van der Waals surface area (Å²) in [5.41, 5.74) is 6.36. The largest absolute Gasteiger partial charge is 0.389 e. The highest BCUT2D eigenvalue weighted by Crippen LogP contribution is 2.22. The van der Waals surface area contributed by atoms with E-state index in [2.05, 4.69) is 4.72 Å². The molecule has 0 spiro atoms. The SMILES string of the molecule is CC(N)c1cccc(S(=O)(=O)NCCCCC(F)(F)F)c1. The quantitative estimate of drug-likeness (QED) is 0.758. The Hall–Kier alpha value is -1.12. The van der Waals surface area contributed by atoms with E-state index in [-0.39, 0.29) is 30.3 Å². The van der Waals surface area contributed by atoms with E-state index in [1.165, 1.54) is 12.1 Å². The summed E-state index contributed by atoms with van der Waals surface area (Å²) in [7, 11) is -3.72. The van der Waals surface area contributed by atoms with Crippen molar-refractivity contribution in [3.63, 3.8) is 0 Å². The van der Waals surface area contributed by atoms with E-state index >= 15 is 0 Å². The van der Waals surface area contributed by atoms with Crippen LogP contribution in [0.5, 0.6) is 0 Å². The molecule has 0 saturated carbocycles. The van der Waals surface area contributed by atoms with Gasteiger partial charge in [0.05, 0.1) is 4.90 Å². The predicted octanol–water partition coefficient (Wildman–Crippen LogP) is 2.72. The molecule has 3 N–H and O–H groups in total. The standard InChI is InChI=1S/C13H19F3N2O2S/c1-10(17)11-5-4-6-12(9-11)21(19,20)18-8-3-2-7-13(14,15)16/h4-6,9-10,18H,2-3,7-8,17H2,1H3. The molecular formula is C13H19F3N2O2S. The van der Waals surface area contributed by atoms with Crippen LogP contribution in [0.25, 0.3) is 0 Å². The van der Waals surface area contributed by atoms with Crippen LogP contribution in [0.4, 0.5) is 13.2 Å². The number of benzene rings is 1. The summed E-state index contributed by atoms with van der Waals surface area (Å²) < 4.78 is 62.1. The van der Waals surface area contributed by atoms with Crippen molar-refractivity contribution >= 4 is 10.0 Å². The number of alkyl halides is 3. The summed E-state index contributed by atoms with van der Waals surface area (Å²) >= 11 is 0. The maximum atomic E-state index is 12.0. The van der Waals surface area contributed by atoms with Crippen LogP contribution in [-0.2, 0) is 10.0 Å². The van der Waals surface area contributed by atoms with E-state index in [9.17, 15) is 21.6 Å². The first-order valence-electron chi connectivity index (χ1n) is 6.54. The topological polar surface area (TPSA) is 72.2 Å². The number of unbranched alkanes of at least 4 members (excludes halogenated alkanes) is 1. The van der Waals surface area contributed by atoms with Crippen LogP contribution in [0.2, 0.25) is 0 Å². The third-order valence-electron chi connectivity index (χ3n) is 2.87. The Labute approximate surface area is 122 Å². The smallest absolute Gasteiger partial charge is 0.324 e. The first-order chi connectivity index (χ1) is 9.62. The van der Waals surface area contributed by atoms with Gasteiger partial charge in [0, 0.05) is 19.0 Å². The summed E-state index contributed by atoms with van der Waals surface area (Å²) in [6.45, 7) is 1.71. The molecule has 0 fully saturated rings. The lowest BCUT2D eigenvalue weighted by atomic mass is 10.1. The highest BCUT2D eigenvalue weighted by atomic mass is 32.2.